The standard InChI is InChI=1S/C17H30N4O8/c1-4-8(2)13(18)16(27)21-11(7-22)15(26)19-9(3)14(25)20-10(17(28)29)5-6-12(23)24/h8-11,13,22H,4-7,18H2,1-3H3,(H,19,26)(H,20,25)(H,21,27)(H,23,24)(H,28,29). The molecule has 5 atom stereocenters. The van der Waals surface area contributed by atoms with Gasteiger partial charge in [0.1, 0.15) is 18.1 Å². The SMILES string of the molecule is CCC(C)C(N)C(=O)NC(CO)C(=O)NC(C)C(=O)NC(CCC(=O)O)C(=O)O. The van der Waals surface area contributed by atoms with Crippen LogP contribution in [-0.2, 0) is 24.0 Å². The molecule has 8 N–H and O–H groups in total. The van der Waals surface area contributed by atoms with Crippen molar-refractivity contribution in [2.24, 2.45) is 11.7 Å². The maximum atomic E-state index is 12.2. The number of nitrogens with one attached hydrogen (secondary N) is 3. The van der Waals surface area contributed by atoms with Gasteiger partial charge in [-0.1, -0.05) is 20.3 Å². The fraction of sp³-hybridized carbons (Fsp3) is 0.706. The number of carboxylic acids is 2. The number of amides is 3. The summed E-state index contributed by atoms with van der Waals surface area (Å²) in [5.74, 6) is -5.15. The second-order valence-corrected chi connectivity index (χ2v) is 6.72. The summed E-state index contributed by atoms with van der Waals surface area (Å²) < 4.78 is 0. The molecule has 0 aromatic heterocycles. The Labute approximate surface area is 168 Å². The third kappa shape index (κ3) is 9.34. The van der Waals surface area contributed by atoms with Crippen LogP contribution in [0.1, 0.15) is 40.0 Å². The topological polar surface area (TPSA) is 208 Å². The van der Waals surface area contributed by atoms with Gasteiger partial charge in [-0.25, -0.2) is 4.79 Å². The van der Waals surface area contributed by atoms with Crippen molar-refractivity contribution in [1.29, 1.82) is 0 Å². The van der Waals surface area contributed by atoms with E-state index in [4.69, 9.17) is 15.9 Å². The van der Waals surface area contributed by atoms with E-state index in [0.29, 0.717) is 6.42 Å². The molecule has 0 aromatic carbocycles. The molecule has 5 unspecified atom stereocenters. The average Bonchev–Trinajstić information content (AvgIpc) is 2.66. The highest BCUT2D eigenvalue weighted by molar-refractivity contribution is 5.94. The summed E-state index contributed by atoms with van der Waals surface area (Å²) in [7, 11) is 0. The van der Waals surface area contributed by atoms with Crippen molar-refractivity contribution < 1.29 is 39.3 Å². The summed E-state index contributed by atoms with van der Waals surface area (Å²) in [6, 6.07) is -4.88. The predicted octanol–water partition coefficient (Wildman–Crippen LogP) is -2.22. The number of carbonyl (C=O) groups excluding carboxylic acids is 3. The monoisotopic (exact) mass is 418 g/mol. The number of aliphatic hydroxyl groups is 1. The fourth-order valence-corrected chi connectivity index (χ4v) is 2.18. The molecule has 166 valence electrons. The molecule has 0 heterocycles. The quantitative estimate of drug-likeness (QED) is 0.172. The van der Waals surface area contributed by atoms with Gasteiger partial charge in [0.2, 0.25) is 17.7 Å². The van der Waals surface area contributed by atoms with Gasteiger partial charge in [-0.15, -0.1) is 0 Å². The summed E-state index contributed by atoms with van der Waals surface area (Å²) in [6.07, 6.45) is -0.165. The predicted molar refractivity (Wildman–Crippen MR) is 100 cm³/mol. The van der Waals surface area contributed by atoms with Gasteiger partial charge in [-0.2, -0.15) is 0 Å². The number of hydrogen-bond donors (Lipinski definition) is 7. The van der Waals surface area contributed by atoms with Crippen LogP contribution < -0.4 is 21.7 Å². The first-order chi connectivity index (χ1) is 13.4. The maximum absolute atomic E-state index is 12.2. The first kappa shape index (κ1) is 26.3. The maximum Gasteiger partial charge on any atom is 0.326 e. The van der Waals surface area contributed by atoms with Crippen LogP contribution in [0.2, 0.25) is 0 Å². The fourth-order valence-electron chi connectivity index (χ4n) is 2.18. The van der Waals surface area contributed by atoms with E-state index >= 15 is 0 Å². The van der Waals surface area contributed by atoms with Crippen molar-refractivity contribution in [2.75, 3.05) is 6.61 Å². The lowest BCUT2D eigenvalue weighted by molar-refractivity contribution is -0.143. The van der Waals surface area contributed by atoms with E-state index in [9.17, 15) is 29.1 Å². The summed E-state index contributed by atoms with van der Waals surface area (Å²) >= 11 is 0. The van der Waals surface area contributed by atoms with Crippen LogP contribution in [0.5, 0.6) is 0 Å². The Bertz CT molecular complexity index is 612. The first-order valence-corrected chi connectivity index (χ1v) is 9.16. The Balaban J connectivity index is 4.85. The van der Waals surface area contributed by atoms with Crippen molar-refractivity contribution >= 4 is 29.7 Å². The van der Waals surface area contributed by atoms with E-state index < -0.39 is 66.9 Å². The second kappa shape index (κ2) is 12.7. The van der Waals surface area contributed by atoms with Gasteiger partial charge in [-0.3, -0.25) is 19.2 Å². The van der Waals surface area contributed by atoms with E-state index in [1.165, 1.54) is 6.92 Å². The van der Waals surface area contributed by atoms with Gasteiger partial charge < -0.3 is 37.0 Å². The van der Waals surface area contributed by atoms with Crippen LogP contribution in [0, 0.1) is 5.92 Å². The molecule has 0 saturated heterocycles. The molecule has 0 aromatic rings. The first-order valence-electron chi connectivity index (χ1n) is 9.16. The van der Waals surface area contributed by atoms with Crippen molar-refractivity contribution in [3.8, 4) is 0 Å². The van der Waals surface area contributed by atoms with Crippen LogP contribution in [0.15, 0.2) is 0 Å². The smallest absolute Gasteiger partial charge is 0.326 e. The Hall–Kier alpha value is -2.73. The number of carbonyl (C=O) groups is 5. The molecule has 0 bridgehead atoms. The highest BCUT2D eigenvalue weighted by Gasteiger charge is 2.29. The van der Waals surface area contributed by atoms with Crippen molar-refractivity contribution in [3.63, 3.8) is 0 Å². The van der Waals surface area contributed by atoms with E-state index in [1.54, 1.807) is 6.92 Å². The molecule has 12 nitrogen and oxygen atoms in total. The summed E-state index contributed by atoms with van der Waals surface area (Å²) in [4.78, 5) is 58.1. The average molecular weight is 418 g/mol. The second-order valence-electron chi connectivity index (χ2n) is 6.72. The molecule has 0 rings (SSSR count). The molecule has 0 saturated carbocycles. The van der Waals surface area contributed by atoms with Crippen LogP contribution in [0.25, 0.3) is 0 Å². The Morgan fingerprint density at radius 3 is 1.90 bits per heavy atom. The summed E-state index contributed by atoms with van der Waals surface area (Å²) in [5.41, 5.74) is 5.77. The number of aliphatic carboxylic acids is 2. The third-order valence-corrected chi connectivity index (χ3v) is 4.39. The van der Waals surface area contributed by atoms with Crippen molar-refractivity contribution in [2.45, 2.75) is 64.2 Å². The van der Waals surface area contributed by atoms with E-state index in [2.05, 4.69) is 16.0 Å². The van der Waals surface area contributed by atoms with E-state index in [1.807, 2.05) is 6.92 Å². The van der Waals surface area contributed by atoms with Crippen molar-refractivity contribution in [3.05, 3.63) is 0 Å². The van der Waals surface area contributed by atoms with Crippen LogP contribution >= 0.6 is 0 Å². The number of nitrogens with two attached hydrogens (primary N) is 1. The minimum absolute atomic E-state index is 0.152. The Morgan fingerprint density at radius 1 is 0.897 bits per heavy atom. The largest absolute Gasteiger partial charge is 0.481 e. The molecule has 3 amide bonds. The zero-order valence-corrected chi connectivity index (χ0v) is 16.7. The van der Waals surface area contributed by atoms with Crippen LogP contribution in [0.3, 0.4) is 0 Å². The summed E-state index contributed by atoms with van der Waals surface area (Å²) in [5, 5.41) is 33.7. The molecule has 0 fully saturated rings. The molecule has 12 heteroatoms. The molecule has 0 aliphatic rings. The van der Waals surface area contributed by atoms with Crippen molar-refractivity contribution in [1.82, 2.24) is 16.0 Å². The lowest BCUT2D eigenvalue weighted by atomic mass is 9.99. The number of aliphatic hydroxyl groups excluding tert-OH is 1. The Kier molecular flexibility index (Phi) is 11.5. The molecule has 0 aliphatic heterocycles. The lowest BCUT2D eigenvalue weighted by Gasteiger charge is -2.23. The van der Waals surface area contributed by atoms with Gasteiger partial charge in [0, 0.05) is 6.42 Å². The molecular weight excluding hydrogens is 388 g/mol. The summed E-state index contributed by atoms with van der Waals surface area (Å²) in [6.45, 7) is 4.13. The van der Waals surface area contributed by atoms with Gasteiger partial charge in [0.25, 0.3) is 0 Å². The molecule has 0 spiro atoms. The molecule has 29 heavy (non-hydrogen) atoms. The zero-order chi connectivity index (χ0) is 22.7. The van der Waals surface area contributed by atoms with E-state index in [-0.39, 0.29) is 12.3 Å². The van der Waals surface area contributed by atoms with Gasteiger partial charge in [0.15, 0.2) is 0 Å². The highest BCUT2D eigenvalue weighted by atomic mass is 16.4. The number of rotatable bonds is 13. The minimum Gasteiger partial charge on any atom is -0.481 e. The lowest BCUT2D eigenvalue weighted by Crippen LogP contribution is -2.58. The van der Waals surface area contributed by atoms with Crippen LogP contribution in [-0.4, -0.2) is 75.8 Å². The Morgan fingerprint density at radius 2 is 1.45 bits per heavy atom. The van der Waals surface area contributed by atoms with Crippen LogP contribution in [0.4, 0.5) is 0 Å². The molecule has 0 radical (unpaired) electrons. The number of hydrogen-bond acceptors (Lipinski definition) is 7. The van der Waals surface area contributed by atoms with E-state index in [0.717, 1.165) is 0 Å². The number of carboxylic acid groups (broad SMARTS) is 2. The van der Waals surface area contributed by atoms with Gasteiger partial charge in [0.05, 0.1) is 12.6 Å². The molecular formula is C17H30N4O8. The third-order valence-electron chi connectivity index (χ3n) is 4.39. The highest BCUT2D eigenvalue weighted by Crippen LogP contribution is 2.05. The zero-order valence-electron chi connectivity index (χ0n) is 16.7. The van der Waals surface area contributed by atoms with Gasteiger partial charge in [-0.05, 0) is 19.3 Å². The minimum atomic E-state index is -1.44. The molecule has 0 aliphatic carbocycles. The normalized spacial score (nSPS) is 15.9. The van der Waals surface area contributed by atoms with Gasteiger partial charge >= 0.3 is 11.9 Å².